The zero-order chi connectivity index (χ0) is 23.0. The van der Waals surface area contributed by atoms with Crippen LogP contribution in [0.25, 0.3) is 6.08 Å². The largest absolute Gasteiger partial charge is 0.320 e. The highest BCUT2D eigenvalue weighted by molar-refractivity contribution is 8.04. The number of hydrogen-bond acceptors (Lipinski definition) is 4. The van der Waals surface area contributed by atoms with Gasteiger partial charge < -0.3 is 5.32 Å². The molecule has 0 aliphatic carbocycles. The second-order valence-electron chi connectivity index (χ2n) is 8.21. The summed E-state index contributed by atoms with van der Waals surface area (Å²) in [5, 5.41) is 2.87. The molecule has 0 spiro atoms. The van der Waals surface area contributed by atoms with Crippen LogP contribution in [0.4, 0.5) is 5.69 Å². The van der Waals surface area contributed by atoms with E-state index in [9.17, 15) is 13.2 Å². The van der Waals surface area contributed by atoms with Crippen molar-refractivity contribution in [3.05, 3.63) is 92.9 Å². The smallest absolute Gasteiger partial charge is 0.262 e. The average Bonchev–Trinajstić information content (AvgIpc) is 2.73. The molecule has 0 atom stereocenters. The van der Waals surface area contributed by atoms with Gasteiger partial charge in [0.2, 0.25) is 0 Å². The van der Waals surface area contributed by atoms with Gasteiger partial charge in [0, 0.05) is 4.90 Å². The summed E-state index contributed by atoms with van der Waals surface area (Å²) in [4.78, 5) is 14.3. The molecule has 3 aromatic carbocycles. The first-order valence-corrected chi connectivity index (χ1v) is 12.8. The van der Waals surface area contributed by atoms with Gasteiger partial charge in [-0.2, -0.15) is 0 Å². The molecule has 3 aromatic rings. The van der Waals surface area contributed by atoms with Crippen LogP contribution in [0.2, 0.25) is 0 Å². The third-order valence-electron chi connectivity index (χ3n) is 5.69. The van der Waals surface area contributed by atoms with E-state index < -0.39 is 9.84 Å². The van der Waals surface area contributed by atoms with Crippen LogP contribution >= 0.6 is 11.8 Å². The lowest BCUT2D eigenvalue weighted by Gasteiger charge is -2.20. The van der Waals surface area contributed by atoms with Crippen LogP contribution in [0.15, 0.2) is 69.3 Å². The Balaban J connectivity index is 1.63. The fraction of sp³-hybridized carbons (Fsp3) is 0.192. The number of hydrogen-bond donors (Lipinski definition) is 1. The number of aryl methyl sites for hydroxylation is 4. The molecule has 1 N–H and O–H groups in total. The molecule has 6 heteroatoms. The van der Waals surface area contributed by atoms with Crippen LogP contribution < -0.4 is 5.32 Å². The molecule has 1 amide bonds. The summed E-state index contributed by atoms with van der Waals surface area (Å²) in [5.74, 6) is -0.296. The normalized spacial score (nSPS) is 14.9. The first-order valence-electron chi connectivity index (χ1n) is 10.3. The Hall–Kier alpha value is -2.83. The second kappa shape index (κ2) is 8.60. The number of rotatable bonds is 4. The van der Waals surface area contributed by atoms with Gasteiger partial charge in [0.15, 0.2) is 9.84 Å². The summed E-state index contributed by atoms with van der Waals surface area (Å²) in [6.07, 6.45) is 1.88. The molecule has 1 heterocycles. The highest BCUT2D eigenvalue weighted by Crippen LogP contribution is 2.40. The molecule has 0 saturated carbocycles. The third kappa shape index (κ3) is 4.52. The molecule has 0 fully saturated rings. The predicted octanol–water partition coefficient (Wildman–Crippen LogP) is 5.98. The number of thioether (sulfide) groups is 1. The van der Waals surface area contributed by atoms with Crippen LogP contribution in [0.3, 0.4) is 0 Å². The number of benzene rings is 3. The monoisotopic (exact) mass is 463 g/mol. The van der Waals surface area contributed by atoms with Crippen molar-refractivity contribution in [2.45, 2.75) is 43.2 Å². The van der Waals surface area contributed by atoms with Crippen molar-refractivity contribution in [1.29, 1.82) is 0 Å². The summed E-state index contributed by atoms with van der Waals surface area (Å²) in [5.41, 5.74) is 6.52. The number of sulfone groups is 1. The summed E-state index contributed by atoms with van der Waals surface area (Å²) < 4.78 is 26.2. The summed E-state index contributed by atoms with van der Waals surface area (Å²) in [7, 11) is -3.56. The summed E-state index contributed by atoms with van der Waals surface area (Å²) in [6.45, 7) is 7.90. The molecular weight excluding hydrogens is 438 g/mol. The van der Waals surface area contributed by atoms with E-state index in [2.05, 4.69) is 11.4 Å². The zero-order valence-corrected chi connectivity index (χ0v) is 20.2. The number of carbonyl (C=O) groups is 1. The lowest BCUT2D eigenvalue weighted by Crippen LogP contribution is -2.18. The van der Waals surface area contributed by atoms with E-state index in [0.29, 0.717) is 10.6 Å². The topological polar surface area (TPSA) is 63.2 Å². The lowest BCUT2D eigenvalue weighted by molar-refractivity contribution is -0.112. The van der Waals surface area contributed by atoms with E-state index in [1.165, 1.54) is 17.3 Å². The van der Waals surface area contributed by atoms with E-state index in [4.69, 9.17) is 0 Å². The van der Waals surface area contributed by atoms with Gasteiger partial charge in [-0.1, -0.05) is 53.7 Å². The molecule has 0 saturated heterocycles. The van der Waals surface area contributed by atoms with Gasteiger partial charge in [-0.3, -0.25) is 4.79 Å². The summed E-state index contributed by atoms with van der Waals surface area (Å²) in [6, 6.07) is 16.8. The van der Waals surface area contributed by atoms with E-state index in [-0.39, 0.29) is 16.6 Å². The van der Waals surface area contributed by atoms with Gasteiger partial charge >= 0.3 is 0 Å². The minimum atomic E-state index is -3.56. The van der Waals surface area contributed by atoms with E-state index in [1.807, 2.05) is 64.1 Å². The third-order valence-corrected chi connectivity index (χ3v) is 8.43. The highest BCUT2D eigenvalue weighted by atomic mass is 32.2. The molecular formula is C26H25NO3S2. The number of carbonyl (C=O) groups excluding carboxylic acids is 1. The Morgan fingerprint density at radius 2 is 1.62 bits per heavy atom. The minimum Gasteiger partial charge on any atom is -0.320 e. The van der Waals surface area contributed by atoms with Gasteiger partial charge in [0.1, 0.15) is 0 Å². The zero-order valence-electron chi connectivity index (χ0n) is 18.5. The number of anilines is 1. The average molecular weight is 464 g/mol. The van der Waals surface area contributed by atoms with Crippen molar-refractivity contribution < 1.29 is 13.2 Å². The Morgan fingerprint density at radius 3 is 2.31 bits per heavy atom. The lowest BCUT2D eigenvalue weighted by atomic mass is 10.1. The van der Waals surface area contributed by atoms with Crippen molar-refractivity contribution in [2.75, 3.05) is 5.32 Å². The predicted molar refractivity (Wildman–Crippen MR) is 132 cm³/mol. The maximum atomic E-state index is 13.1. The van der Waals surface area contributed by atoms with Crippen LogP contribution in [-0.4, -0.2) is 14.3 Å². The molecule has 0 aromatic heterocycles. The molecule has 164 valence electrons. The van der Waals surface area contributed by atoms with Crippen molar-refractivity contribution in [1.82, 2.24) is 0 Å². The van der Waals surface area contributed by atoms with Crippen molar-refractivity contribution >= 4 is 39.3 Å². The first-order chi connectivity index (χ1) is 15.1. The first kappa shape index (κ1) is 22.4. The number of amides is 1. The van der Waals surface area contributed by atoms with Crippen LogP contribution in [-0.2, 0) is 20.4 Å². The fourth-order valence-electron chi connectivity index (χ4n) is 3.81. The second-order valence-corrected chi connectivity index (χ2v) is 11.3. The van der Waals surface area contributed by atoms with Gasteiger partial charge in [-0.15, -0.1) is 0 Å². The van der Waals surface area contributed by atoms with E-state index in [0.717, 1.165) is 32.7 Å². The van der Waals surface area contributed by atoms with Gasteiger partial charge in [-0.25, -0.2) is 8.42 Å². The molecule has 1 aliphatic rings. The maximum absolute atomic E-state index is 13.1. The Kier molecular flexibility index (Phi) is 6.01. The van der Waals surface area contributed by atoms with Crippen LogP contribution in [0.5, 0.6) is 0 Å². The molecule has 0 unspecified atom stereocenters. The molecule has 0 radical (unpaired) electrons. The molecule has 0 bridgehead atoms. The maximum Gasteiger partial charge on any atom is 0.262 e. The Morgan fingerprint density at radius 1 is 0.906 bits per heavy atom. The van der Waals surface area contributed by atoms with Gasteiger partial charge in [0.25, 0.3) is 5.91 Å². The molecule has 1 aliphatic heterocycles. The van der Waals surface area contributed by atoms with Crippen molar-refractivity contribution in [3.8, 4) is 0 Å². The minimum absolute atomic E-state index is 0.0662. The quantitative estimate of drug-likeness (QED) is 0.484. The Bertz CT molecular complexity index is 1350. The number of nitrogens with one attached hydrogen (secondary N) is 1. The molecule has 32 heavy (non-hydrogen) atoms. The van der Waals surface area contributed by atoms with Gasteiger partial charge in [0.05, 0.1) is 21.2 Å². The van der Waals surface area contributed by atoms with Crippen molar-refractivity contribution in [2.24, 2.45) is 0 Å². The van der Waals surface area contributed by atoms with Gasteiger partial charge in [-0.05, 0) is 79.8 Å². The summed E-state index contributed by atoms with van der Waals surface area (Å²) >= 11 is 1.36. The number of fused-ring (bicyclic) bond motifs is 1. The highest BCUT2D eigenvalue weighted by Gasteiger charge is 2.25. The van der Waals surface area contributed by atoms with E-state index >= 15 is 0 Å². The molecule has 4 nitrogen and oxygen atoms in total. The fourth-order valence-corrected chi connectivity index (χ4v) is 6.31. The molecule has 4 rings (SSSR count). The Labute approximate surface area is 193 Å². The SMILES string of the molecule is Cc1ccc(/C=C2/Sc3ccc(S(=O)(=O)Cc4c(C)cccc4C)cc3NC2=O)c(C)c1. The van der Waals surface area contributed by atoms with E-state index in [1.54, 1.807) is 18.2 Å². The standard InChI is InChI=1S/C26H25NO3S2/c1-16-8-9-20(19(4)12-16)13-25-26(28)27-23-14-21(10-11-24(23)31-25)32(29,30)15-22-17(2)6-5-7-18(22)3/h5-14H,15H2,1-4H3,(H,27,28)/b25-13+. The van der Waals surface area contributed by atoms with Crippen LogP contribution in [0, 0.1) is 27.7 Å². The van der Waals surface area contributed by atoms with Crippen molar-refractivity contribution in [3.63, 3.8) is 0 Å². The van der Waals surface area contributed by atoms with Crippen LogP contribution in [0.1, 0.15) is 33.4 Å².